The molecule has 2 aliphatic rings. The fraction of sp³-hybridized carbons (Fsp3) is 0.449. The molecule has 2 fully saturated rings. The number of esters is 4. The molecular weight excluding hydrogens is 989 g/mol. The van der Waals surface area contributed by atoms with Crippen molar-refractivity contribution in [2.45, 2.75) is 153 Å². The van der Waals surface area contributed by atoms with Gasteiger partial charge in [-0.3, -0.25) is 9.59 Å². The van der Waals surface area contributed by atoms with E-state index in [1.807, 2.05) is 48.5 Å². The van der Waals surface area contributed by atoms with E-state index >= 15 is 0 Å². The number of benzene rings is 5. The predicted octanol–water partition coefficient (Wildman–Crippen LogP) is 16.2. The molecule has 0 N–H and O–H groups in total. The summed E-state index contributed by atoms with van der Waals surface area (Å²) in [5, 5.41) is 0. The molecule has 0 unspecified atom stereocenters. The number of carbonyl (C=O) groups is 4. The first-order chi connectivity index (χ1) is 38.7. The minimum Gasteiger partial charge on any atom is -0.494 e. The summed E-state index contributed by atoms with van der Waals surface area (Å²) in [6.07, 6.45) is 23.3. The Balaban J connectivity index is 0.683. The second-order valence-electron chi connectivity index (χ2n) is 21.5. The van der Waals surface area contributed by atoms with Gasteiger partial charge in [0, 0.05) is 25.0 Å². The second kappa shape index (κ2) is 33.5. The number of aryl methyl sites for hydroxylation is 1. The first-order valence-electron chi connectivity index (χ1n) is 29.4. The topological polar surface area (TPSA) is 124 Å². The molecule has 10 nitrogen and oxygen atoms in total. The monoisotopic (exact) mass is 1070 g/mol. The van der Waals surface area contributed by atoms with Crippen molar-refractivity contribution >= 4 is 23.9 Å². The zero-order chi connectivity index (χ0) is 55.3. The second-order valence-corrected chi connectivity index (χ2v) is 21.5. The van der Waals surface area contributed by atoms with Crippen molar-refractivity contribution in [3.63, 3.8) is 0 Å². The normalized spacial score (nSPS) is 17.0. The molecule has 0 atom stereocenters. The maximum Gasteiger partial charge on any atom is 0.330 e. The van der Waals surface area contributed by atoms with Gasteiger partial charge in [0.15, 0.2) is 0 Å². The van der Waals surface area contributed by atoms with Crippen LogP contribution in [0.2, 0.25) is 0 Å². The number of carbonyl (C=O) groups excluding carboxylic acids is 4. The van der Waals surface area contributed by atoms with Crippen LogP contribution in [0.4, 0.5) is 0 Å². The third-order valence-corrected chi connectivity index (χ3v) is 15.8. The van der Waals surface area contributed by atoms with Crippen LogP contribution in [0.15, 0.2) is 147 Å². The van der Waals surface area contributed by atoms with Crippen molar-refractivity contribution in [2.24, 2.45) is 11.8 Å². The highest BCUT2D eigenvalue weighted by Crippen LogP contribution is 2.40. The summed E-state index contributed by atoms with van der Waals surface area (Å²) in [5.74, 6) is 3.49. The van der Waals surface area contributed by atoms with Crippen LogP contribution in [0.25, 0.3) is 22.3 Å². The van der Waals surface area contributed by atoms with Gasteiger partial charge >= 0.3 is 23.9 Å². The summed E-state index contributed by atoms with van der Waals surface area (Å²) in [5.41, 5.74) is 8.63. The number of rotatable bonds is 33. The molecule has 10 heteroatoms. The Morgan fingerprint density at radius 1 is 0.392 bits per heavy atom. The lowest BCUT2D eigenvalue weighted by atomic mass is 9.77. The van der Waals surface area contributed by atoms with Crippen LogP contribution in [0, 0.1) is 11.8 Å². The third kappa shape index (κ3) is 21.3. The van der Waals surface area contributed by atoms with Gasteiger partial charge in [-0.25, -0.2) is 9.59 Å². The van der Waals surface area contributed by atoms with Crippen LogP contribution in [-0.4, -0.2) is 56.9 Å². The number of hydrogen-bond donors (Lipinski definition) is 0. The van der Waals surface area contributed by atoms with Gasteiger partial charge in [0.05, 0.1) is 33.0 Å². The Morgan fingerprint density at radius 3 is 1.18 bits per heavy atom. The highest BCUT2D eigenvalue weighted by atomic mass is 16.5. The minimum absolute atomic E-state index is 0.107. The fourth-order valence-corrected chi connectivity index (χ4v) is 11.0. The molecule has 0 radical (unpaired) electrons. The summed E-state index contributed by atoms with van der Waals surface area (Å²) in [6, 6.07) is 42.3. The zero-order valence-corrected chi connectivity index (χ0v) is 46.6. The molecule has 0 heterocycles. The summed E-state index contributed by atoms with van der Waals surface area (Å²) in [4.78, 5) is 47.7. The van der Waals surface area contributed by atoms with Gasteiger partial charge in [0.1, 0.15) is 17.2 Å². The van der Waals surface area contributed by atoms with Crippen LogP contribution in [0.1, 0.15) is 163 Å². The standard InChI is InChI=1S/C69H84O10/c1-3-66(70)76-49-11-7-5-9-47-74-63-41-35-61(36-42-63)59-31-27-57(28-32-59)55-23-15-53(16-24-55)21-45-68(72)78-51-13-14-52-19-39-65(40-20-52)79-69(73)46-22-54-17-25-56(26-18-54)58-29-33-60(34-30-58)62-37-43-64(44-38-62)75-48-10-6-8-12-50-77-67(71)4-2/h3-4,19-20,27-44,53-56H,1-2,5-18,21-26,45-51H2. The van der Waals surface area contributed by atoms with Crippen molar-refractivity contribution in [3.05, 3.63) is 163 Å². The molecule has 0 amide bonds. The van der Waals surface area contributed by atoms with E-state index in [2.05, 4.69) is 86.0 Å². The van der Waals surface area contributed by atoms with Gasteiger partial charge in [-0.05, 0) is 227 Å². The van der Waals surface area contributed by atoms with Crippen LogP contribution in [0.5, 0.6) is 17.2 Å². The Kier molecular flexibility index (Phi) is 25.3. The smallest absolute Gasteiger partial charge is 0.330 e. The highest BCUT2D eigenvalue weighted by molar-refractivity contribution is 5.81. The fourth-order valence-electron chi connectivity index (χ4n) is 11.0. The molecule has 2 saturated carbocycles. The van der Waals surface area contributed by atoms with E-state index in [0.717, 1.165) is 145 Å². The number of unbranched alkanes of at least 4 members (excludes halogenated alkanes) is 6. The predicted molar refractivity (Wildman–Crippen MR) is 313 cm³/mol. The highest BCUT2D eigenvalue weighted by Gasteiger charge is 2.25. The summed E-state index contributed by atoms with van der Waals surface area (Å²) in [6.45, 7) is 9.42. The molecule has 79 heavy (non-hydrogen) atoms. The third-order valence-electron chi connectivity index (χ3n) is 15.8. The van der Waals surface area contributed by atoms with E-state index in [0.29, 0.717) is 75.3 Å². The molecule has 420 valence electrons. The average molecular weight is 1070 g/mol. The van der Waals surface area contributed by atoms with Crippen molar-refractivity contribution < 1.29 is 47.6 Å². The Hall–Kier alpha value is -6.94. The maximum absolute atomic E-state index is 12.8. The SMILES string of the molecule is C=CC(=O)OCCCCCCOc1ccc(-c2ccc(C3CCC(CCC(=O)OCCCc4ccc(OC(=O)CCC5CCC(c6ccc(-c7ccc(OCCCCCCOC(=O)C=C)cc7)cc6)CC5)cc4)CC3)cc2)cc1. The summed E-state index contributed by atoms with van der Waals surface area (Å²) in [7, 11) is 0. The van der Waals surface area contributed by atoms with E-state index in [-0.39, 0.29) is 23.9 Å². The van der Waals surface area contributed by atoms with Gasteiger partial charge in [0.25, 0.3) is 0 Å². The van der Waals surface area contributed by atoms with Gasteiger partial charge in [-0.15, -0.1) is 0 Å². The van der Waals surface area contributed by atoms with E-state index in [1.165, 1.54) is 45.5 Å². The Bertz CT molecular complexity index is 2600. The maximum atomic E-state index is 12.8. The molecule has 0 spiro atoms. The molecule has 0 aliphatic heterocycles. The molecule has 5 aromatic rings. The van der Waals surface area contributed by atoms with E-state index in [4.69, 9.17) is 28.4 Å². The van der Waals surface area contributed by atoms with Gasteiger partial charge in [0.2, 0.25) is 0 Å². The van der Waals surface area contributed by atoms with Crippen LogP contribution in [0.3, 0.4) is 0 Å². The molecule has 0 saturated heterocycles. The first kappa shape index (κ1) is 59.7. The van der Waals surface area contributed by atoms with Gasteiger partial charge in [-0.2, -0.15) is 0 Å². The molecule has 5 aromatic carbocycles. The van der Waals surface area contributed by atoms with Gasteiger partial charge in [-0.1, -0.05) is 98.1 Å². The lowest BCUT2D eigenvalue weighted by Gasteiger charge is -2.28. The molecule has 0 bridgehead atoms. The summed E-state index contributed by atoms with van der Waals surface area (Å²) < 4.78 is 33.3. The van der Waals surface area contributed by atoms with E-state index in [9.17, 15) is 19.2 Å². The molecule has 7 rings (SSSR count). The Morgan fingerprint density at radius 2 is 0.759 bits per heavy atom. The zero-order valence-electron chi connectivity index (χ0n) is 46.6. The average Bonchev–Trinajstić information content (AvgIpc) is 3.49. The minimum atomic E-state index is -0.366. The van der Waals surface area contributed by atoms with Crippen molar-refractivity contribution in [3.8, 4) is 39.5 Å². The lowest BCUT2D eigenvalue weighted by molar-refractivity contribution is -0.144. The van der Waals surface area contributed by atoms with Crippen LogP contribution >= 0.6 is 0 Å². The van der Waals surface area contributed by atoms with Crippen molar-refractivity contribution in [1.29, 1.82) is 0 Å². The molecular formula is C69H84O10. The van der Waals surface area contributed by atoms with Gasteiger partial charge < -0.3 is 28.4 Å². The van der Waals surface area contributed by atoms with Crippen LogP contribution in [-0.2, 0) is 39.8 Å². The number of hydrogen-bond acceptors (Lipinski definition) is 10. The Labute approximate surface area is 470 Å². The van der Waals surface area contributed by atoms with Crippen molar-refractivity contribution in [2.75, 3.05) is 33.0 Å². The number of ether oxygens (including phenoxy) is 6. The van der Waals surface area contributed by atoms with Crippen molar-refractivity contribution in [1.82, 2.24) is 0 Å². The van der Waals surface area contributed by atoms with E-state index in [1.54, 1.807) is 0 Å². The largest absolute Gasteiger partial charge is 0.494 e. The lowest BCUT2D eigenvalue weighted by Crippen LogP contribution is -2.16. The van der Waals surface area contributed by atoms with E-state index < -0.39 is 0 Å². The first-order valence-corrected chi connectivity index (χ1v) is 29.4. The molecule has 2 aliphatic carbocycles. The quantitative estimate of drug-likeness (QED) is 0.0132. The van der Waals surface area contributed by atoms with Crippen LogP contribution < -0.4 is 14.2 Å². The summed E-state index contributed by atoms with van der Waals surface area (Å²) >= 11 is 0. The molecule has 0 aromatic heterocycles.